The van der Waals surface area contributed by atoms with Crippen molar-refractivity contribution in [2.24, 2.45) is 0 Å². The lowest BCUT2D eigenvalue weighted by Crippen LogP contribution is -2.21. The summed E-state index contributed by atoms with van der Waals surface area (Å²) in [6, 6.07) is 2.93. The lowest BCUT2D eigenvalue weighted by atomic mass is 10.2. The SMILES string of the molecule is COc1cc2[nH]c(=O)c3c(nnn3C(C)OC(=O)OC(C)C)c(=O)c2cc1OC. The van der Waals surface area contributed by atoms with E-state index < -0.39 is 23.4 Å². The number of fused-ring (bicyclic) bond motifs is 2. The Kier molecular flexibility index (Phi) is 5.39. The largest absolute Gasteiger partial charge is 0.510 e. The number of carbonyl (C=O) groups is 1. The smallest absolute Gasteiger partial charge is 0.493 e. The van der Waals surface area contributed by atoms with Crippen molar-refractivity contribution in [2.75, 3.05) is 14.2 Å². The highest BCUT2D eigenvalue weighted by Crippen LogP contribution is 2.29. The molecule has 0 fully saturated rings. The minimum atomic E-state index is -1.04. The quantitative estimate of drug-likeness (QED) is 0.631. The minimum Gasteiger partial charge on any atom is -0.493 e. The Morgan fingerprint density at radius 2 is 1.72 bits per heavy atom. The number of hydrogen-bond acceptors (Lipinski definition) is 9. The second kappa shape index (κ2) is 7.78. The van der Waals surface area contributed by atoms with Gasteiger partial charge >= 0.3 is 6.16 Å². The van der Waals surface area contributed by atoms with E-state index >= 15 is 0 Å². The summed E-state index contributed by atoms with van der Waals surface area (Å²) in [5, 5.41) is 7.81. The van der Waals surface area contributed by atoms with Crippen LogP contribution in [0.3, 0.4) is 0 Å². The molecule has 0 bridgehead atoms. The number of H-pyrrole nitrogens is 1. The Bertz CT molecular complexity index is 1200. The third kappa shape index (κ3) is 3.71. The number of carbonyl (C=O) groups excluding carboxylic acids is 1. The molecule has 0 spiro atoms. The van der Waals surface area contributed by atoms with Gasteiger partial charge in [-0.25, -0.2) is 4.79 Å². The second-order valence-electron chi connectivity index (χ2n) is 6.40. The maximum atomic E-state index is 13.0. The number of methoxy groups -OCH3 is 2. The summed E-state index contributed by atoms with van der Waals surface area (Å²) in [5.41, 5.74) is -1.28. The first-order valence-electron chi connectivity index (χ1n) is 8.71. The summed E-state index contributed by atoms with van der Waals surface area (Å²) in [6.07, 6.45) is -2.36. The highest BCUT2D eigenvalue weighted by Gasteiger charge is 2.21. The molecule has 3 aromatic rings. The molecule has 11 nitrogen and oxygen atoms in total. The molecule has 0 radical (unpaired) electrons. The normalized spacial score (nSPS) is 12.2. The van der Waals surface area contributed by atoms with Gasteiger partial charge < -0.3 is 23.9 Å². The average Bonchev–Trinajstić information content (AvgIpc) is 3.08. The van der Waals surface area contributed by atoms with Crippen molar-refractivity contribution >= 4 is 28.1 Å². The van der Waals surface area contributed by atoms with E-state index in [4.69, 9.17) is 18.9 Å². The van der Waals surface area contributed by atoms with Crippen LogP contribution in [0.2, 0.25) is 0 Å². The molecule has 0 aliphatic heterocycles. The van der Waals surface area contributed by atoms with Gasteiger partial charge in [0.15, 0.2) is 28.8 Å². The number of nitrogens with zero attached hydrogens (tertiary/aromatic N) is 3. The predicted molar refractivity (Wildman–Crippen MR) is 102 cm³/mol. The van der Waals surface area contributed by atoms with Gasteiger partial charge in [0.2, 0.25) is 5.43 Å². The fraction of sp³-hybridized carbons (Fsp3) is 0.389. The summed E-state index contributed by atoms with van der Waals surface area (Å²) in [7, 11) is 2.87. The topological polar surface area (TPSA) is 135 Å². The fourth-order valence-electron chi connectivity index (χ4n) is 2.80. The number of aromatic nitrogens is 4. The first-order chi connectivity index (χ1) is 13.8. The van der Waals surface area contributed by atoms with Crippen molar-refractivity contribution in [2.45, 2.75) is 33.1 Å². The molecule has 1 atom stereocenters. The van der Waals surface area contributed by atoms with E-state index in [2.05, 4.69) is 15.3 Å². The zero-order valence-corrected chi connectivity index (χ0v) is 16.5. The molecule has 154 valence electrons. The first kappa shape index (κ1) is 20.1. The third-order valence-electron chi connectivity index (χ3n) is 4.08. The van der Waals surface area contributed by atoms with Crippen molar-refractivity contribution in [3.63, 3.8) is 0 Å². The van der Waals surface area contributed by atoms with Crippen LogP contribution >= 0.6 is 0 Å². The van der Waals surface area contributed by atoms with Gasteiger partial charge in [0.1, 0.15) is 0 Å². The fourth-order valence-corrected chi connectivity index (χ4v) is 2.80. The van der Waals surface area contributed by atoms with Gasteiger partial charge in [-0.15, -0.1) is 5.10 Å². The number of hydrogen-bond donors (Lipinski definition) is 1. The van der Waals surface area contributed by atoms with E-state index in [-0.39, 0.29) is 28.0 Å². The monoisotopic (exact) mass is 404 g/mol. The van der Waals surface area contributed by atoms with Crippen molar-refractivity contribution in [3.05, 3.63) is 32.7 Å². The third-order valence-corrected chi connectivity index (χ3v) is 4.08. The molecule has 0 aliphatic rings. The van der Waals surface area contributed by atoms with Crippen LogP contribution in [0.5, 0.6) is 11.5 Å². The van der Waals surface area contributed by atoms with E-state index in [1.165, 1.54) is 33.3 Å². The van der Waals surface area contributed by atoms with Crippen molar-refractivity contribution in [1.29, 1.82) is 0 Å². The van der Waals surface area contributed by atoms with Crippen molar-refractivity contribution < 1.29 is 23.7 Å². The molecule has 1 aromatic carbocycles. The van der Waals surface area contributed by atoms with Crippen molar-refractivity contribution in [3.8, 4) is 11.5 Å². The molecule has 3 rings (SSSR count). The number of rotatable bonds is 5. The molecular weight excluding hydrogens is 384 g/mol. The van der Waals surface area contributed by atoms with Crippen LogP contribution < -0.4 is 20.5 Å². The summed E-state index contributed by atoms with van der Waals surface area (Å²) in [5.74, 6) is 0.658. The minimum absolute atomic E-state index is 0.144. The van der Waals surface area contributed by atoms with Gasteiger partial charge in [0.25, 0.3) is 5.56 Å². The van der Waals surface area contributed by atoms with Crippen LogP contribution in [0.1, 0.15) is 27.0 Å². The van der Waals surface area contributed by atoms with Crippen LogP contribution in [-0.2, 0) is 9.47 Å². The maximum absolute atomic E-state index is 13.0. The van der Waals surface area contributed by atoms with Crippen LogP contribution in [0.25, 0.3) is 21.9 Å². The molecule has 2 aromatic heterocycles. The van der Waals surface area contributed by atoms with E-state index in [1.54, 1.807) is 13.8 Å². The number of nitrogens with one attached hydrogen (secondary N) is 1. The molecule has 29 heavy (non-hydrogen) atoms. The zero-order valence-electron chi connectivity index (χ0n) is 16.5. The average molecular weight is 404 g/mol. The zero-order chi connectivity index (χ0) is 21.3. The number of aromatic amines is 1. The van der Waals surface area contributed by atoms with E-state index in [1.807, 2.05) is 0 Å². The van der Waals surface area contributed by atoms with E-state index in [9.17, 15) is 14.4 Å². The van der Waals surface area contributed by atoms with Crippen LogP contribution in [0.15, 0.2) is 21.7 Å². The van der Waals surface area contributed by atoms with E-state index in [0.717, 1.165) is 4.68 Å². The molecule has 0 saturated heterocycles. The molecule has 0 saturated carbocycles. The van der Waals surface area contributed by atoms with Gasteiger partial charge in [-0.05, 0) is 26.8 Å². The standard InChI is InChI=1S/C18H20N4O7/c1-8(2)28-18(25)29-9(3)22-15-14(20-21-22)16(23)10-6-12(26-4)13(27-5)7-11(10)19-17(15)24/h6-9H,1-5H3,(H,19,24). The molecule has 0 aliphatic carbocycles. The van der Waals surface area contributed by atoms with Gasteiger partial charge in [0.05, 0.1) is 31.2 Å². The lowest BCUT2D eigenvalue weighted by Gasteiger charge is -2.14. The van der Waals surface area contributed by atoms with Crippen LogP contribution in [0, 0.1) is 0 Å². The van der Waals surface area contributed by atoms with Gasteiger partial charge in [-0.3, -0.25) is 9.59 Å². The first-order valence-corrected chi connectivity index (χ1v) is 8.71. The molecular formula is C18H20N4O7. The Balaban J connectivity index is 2.22. The Morgan fingerprint density at radius 3 is 2.34 bits per heavy atom. The predicted octanol–water partition coefficient (Wildman–Crippen LogP) is 1.73. The summed E-state index contributed by atoms with van der Waals surface area (Å²) < 4.78 is 21.5. The molecule has 2 heterocycles. The Labute approximate surface area is 164 Å². The number of ether oxygens (including phenoxy) is 4. The summed E-state index contributed by atoms with van der Waals surface area (Å²) in [4.78, 5) is 40.2. The highest BCUT2D eigenvalue weighted by molar-refractivity contribution is 5.89. The molecule has 11 heteroatoms. The van der Waals surface area contributed by atoms with Crippen molar-refractivity contribution in [1.82, 2.24) is 20.0 Å². The Morgan fingerprint density at radius 1 is 1.07 bits per heavy atom. The Hall–Kier alpha value is -3.63. The maximum Gasteiger partial charge on any atom is 0.510 e. The van der Waals surface area contributed by atoms with Gasteiger partial charge in [-0.2, -0.15) is 4.68 Å². The lowest BCUT2D eigenvalue weighted by molar-refractivity contribution is -0.0132. The number of benzene rings is 1. The van der Waals surface area contributed by atoms with Crippen LogP contribution in [0.4, 0.5) is 4.79 Å². The molecule has 1 unspecified atom stereocenters. The second-order valence-corrected chi connectivity index (χ2v) is 6.40. The van der Waals surface area contributed by atoms with Gasteiger partial charge in [-0.1, -0.05) is 5.21 Å². The van der Waals surface area contributed by atoms with Gasteiger partial charge in [0, 0.05) is 6.07 Å². The van der Waals surface area contributed by atoms with E-state index in [0.29, 0.717) is 11.5 Å². The summed E-state index contributed by atoms with van der Waals surface area (Å²) >= 11 is 0. The highest BCUT2D eigenvalue weighted by atomic mass is 16.7. The molecule has 1 N–H and O–H groups in total. The summed E-state index contributed by atoms with van der Waals surface area (Å²) in [6.45, 7) is 4.80. The van der Waals surface area contributed by atoms with Crippen LogP contribution in [-0.4, -0.2) is 46.5 Å². The molecule has 0 amide bonds.